The van der Waals surface area contributed by atoms with Crippen molar-refractivity contribution in [3.05, 3.63) is 94.0 Å². The summed E-state index contributed by atoms with van der Waals surface area (Å²) < 4.78 is 11.0. The van der Waals surface area contributed by atoms with Gasteiger partial charge in [0, 0.05) is 41.0 Å². The number of pyridine rings is 1. The number of nitro groups is 1. The molecule has 0 bridgehead atoms. The van der Waals surface area contributed by atoms with Gasteiger partial charge in [0.1, 0.15) is 22.6 Å². The van der Waals surface area contributed by atoms with Gasteiger partial charge in [0.25, 0.3) is 5.69 Å². The standard InChI is InChI=1S/C30H26N4O5S/c1-19-9-10-21(34(36)37)15-26(19)32-29(35)13-14-40-30-25(18-31)23(17-27(33-30)20-7-5-4-6-8-20)24-16-22(38-2)11-12-28(24)39-3/h4-12,15-17H,13-14H2,1-3H3,(H,32,35). The number of rotatable bonds is 10. The Bertz CT molecular complexity index is 1600. The first kappa shape index (κ1) is 28.1. The van der Waals surface area contributed by atoms with Crippen LogP contribution in [0.2, 0.25) is 0 Å². The van der Waals surface area contributed by atoms with E-state index in [9.17, 15) is 20.2 Å². The first-order chi connectivity index (χ1) is 19.3. The molecular formula is C30H26N4O5S. The minimum atomic E-state index is -0.505. The van der Waals surface area contributed by atoms with Crippen LogP contribution < -0.4 is 14.8 Å². The normalized spacial score (nSPS) is 10.4. The third-order valence-corrected chi connectivity index (χ3v) is 7.12. The van der Waals surface area contributed by atoms with Crippen molar-refractivity contribution in [2.45, 2.75) is 18.4 Å². The number of methoxy groups -OCH3 is 2. The highest BCUT2D eigenvalue weighted by atomic mass is 32.2. The third kappa shape index (κ3) is 6.39. The number of amides is 1. The number of carbonyl (C=O) groups is 1. The van der Waals surface area contributed by atoms with Gasteiger partial charge in [-0.3, -0.25) is 14.9 Å². The molecule has 0 saturated heterocycles. The van der Waals surface area contributed by atoms with Gasteiger partial charge >= 0.3 is 0 Å². The number of hydrogen-bond acceptors (Lipinski definition) is 8. The predicted octanol–water partition coefficient (Wildman–Crippen LogP) is 6.64. The van der Waals surface area contributed by atoms with Gasteiger partial charge in [0.2, 0.25) is 5.91 Å². The van der Waals surface area contributed by atoms with Crippen LogP contribution in [0.4, 0.5) is 11.4 Å². The van der Waals surface area contributed by atoms with Crippen LogP contribution in [0.15, 0.2) is 77.8 Å². The summed E-state index contributed by atoms with van der Waals surface area (Å²) in [6.45, 7) is 1.76. The Morgan fingerprint density at radius 1 is 1.05 bits per heavy atom. The summed E-state index contributed by atoms with van der Waals surface area (Å²) in [5.74, 6) is 1.21. The molecule has 3 aromatic carbocycles. The predicted molar refractivity (Wildman–Crippen MR) is 155 cm³/mol. The second-order valence-electron chi connectivity index (χ2n) is 8.68. The molecule has 0 radical (unpaired) electrons. The number of non-ortho nitro benzene ring substituents is 1. The second kappa shape index (κ2) is 12.8. The summed E-state index contributed by atoms with van der Waals surface area (Å²) in [6, 6.07) is 23.5. The van der Waals surface area contributed by atoms with Gasteiger partial charge in [-0.15, -0.1) is 11.8 Å². The number of anilines is 1. The maximum Gasteiger partial charge on any atom is 0.271 e. The number of nitro benzene ring substituents is 1. The van der Waals surface area contributed by atoms with Crippen molar-refractivity contribution in [1.82, 2.24) is 4.98 Å². The number of benzene rings is 3. The number of hydrogen-bond donors (Lipinski definition) is 1. The number of thioether (sulfide) groups is 1. The lowest BCUT2D eigenvalue weighted by Crippen LogP contribution is -2.13. The zero-order chi connectivity index (χ0) is 28.6. The van der Waals surface area contributed by atoms with Gasteiger partial charge in [-0.05, 0) is 36.8 Å². The summed E-state index contributed by atoms with van der Waals surface area (Å²) in [5.41, 5.74) is 4.20. The van der Waals surface area contributed by atoms with E-state index in [0.717, 1.165) is 5.56 Å². The average molecular weight is 555 g/mol. The number of nitriles is 1. The molecule has 0 aliphatic carbocycles. The molecular weight excluding hydrogens is 528 g/mol. The molecule has 4 rings (SSSR count). The molecule has 0 unspecified atom stereocenters. The molecule has 10 heteroatoms. The van der Waals surface area contributed by atoms with Crippen LogP contribution >= 0.6 is 11.8 Å². The summed E-state index contributed by atoms with van der Waals surface area (Å²) >= 11 is 1.29. The zero-order valence-corrected chi connectivity index (χ0v) is 23.0. The molecule has 1 N–H and O–H groups in total. The Kier molecular flexibility index (Phi) is 8.99. The number of nitrogens with one attached hydrogen (secondary N) is 1. The fourth-order valence-corrected chi connectivity index (χ4v) is 4.98. The summed E-state index contributed by atoms with van der Waals surface area (Å²) in [5, 5.41) is 24.5. The highest BCUT2D eigenvalue weighted by molar-refractivity contribution is 7.99. The largest absolute Gasteiger partial charge is 0.497 e. The molecule has 1 aromatic heterocycles. The van der Waals surface area contributed by atoms with Gasteiger partial charge in [0.05, 0.1) is 36.1 Å². The Labute approximate surface area is 235 Å². The van der Waals surface area contributed by atoms with Crippen molar-refractivity contribution in [3.63, 3.8) is 0 Å². The van der Waals surface area contributed by atoms with Crippen molar-refractivity contribution in [3.8, 4) is 40.0 Å². The molecule has 0 aliphatic rings. The van der Waals surface area contributed by atoms with Crippen LogP contribution in [0.5, 0.6) is 11.5 Å². The minimum absolute atomic E-state index is 0.101. The van der Waals surface area contributed by atoms with Gasteiger partial charge in [-0.25, -0.2) is 4.98 Å². The fourth-order valence-electron chi connectivity index (χ4n) is 4.04. The smallest absolute Gasteiger partial charge is 0.271 e. The van der Waals surface area contributed by atoms with Crippen LogP contribution in [0.25, 0.3) is 22.4 Å². The lowest BCUT2D eigenvalue weighted by Gasteiger charge is -2.16. The molecule has 0 spiro atoms. The van der Waals surface area contributed by atoms with E-state index in [0.29, 0.717) is 55.9 Å². The lowest BCUT2D eigenvalue weighted by molar-refractivity contribution is -0.384. The number of aromatic nitrogens is 1. The van der Waals surface area contributed by atoms with Crippen molar-refractivity contribution in [1.29, 1.82) is 5.26 Å². The lowest BCUT2D eigenvalue weighted by atomic mass is 9.98. The van der Waals surface area contributed by atoms with Gasteiger partial charge < -0.3 is 14.8 Å². The van der Waals surface area contributed by atoms with E-state index in [1.165, 1.54) is 23.9 Å². The van der Waals surface area contributed by atoms with Crippen molar-refractivity contribution in [2.24, 2.45) is 0 Å². The molecule has 4 aromatic rings. The molecule has 0 saturated carbocycles. The monoisotopic (exact) mass is 554 g/mol. The first-order valence-corrected chi connectivity index (χ1v) is 13.2. The number of aryl methyl sites for hydroxylation is 1. The molecule has 0 aliphatic heterocycles. The number of nitrogens with zero attached hydrogens (tertiary/aromatic N) is 3. The van der Waals surface area contributed by atoms with Crippen molar-refractivity contribution in [2.75, 3.05) is 25.3 Å². The highest BCUT2D eigenvalue weighted by Gasteiger charge is 2.20. The molecule has 0 fully saturated rings. The maximum absolute atomic E-state index is 12.7. The van der Waals surface area contributed by atoms with Crippen LogP contribution in [0.1, 0.15) is 17.5 Å². The van der Waals surface area contributed by atoms with Gasteiger partial charge in [0.15, 0.2) is 0 Å². The summed E-state index contributed by atoms with van der Waals surface area (Å²) in [7, 11) is 3.13. The molecule has 9 nitrogen and oxygen atoms in total. The molecule has 202 valence electrons. The Balaban J connectivity index is 1.65. The summed E-state index contributed by atoms with van der Waals surface area (Å²) in [4.78, 5) is 28.1. The highest BCUT2D eigenvalue weighted by Crippen LogP contribution is 2.40. The first-order valence-electron chi connectivity index (χ1n) is 12.2. The quantitative estimate of drug-likeness (QED) is 0.131. The molecule has 40 heavy (non-hydrogen) atoms. The topological polar surface area (TPSA) is 127 Å². The minimum Gasteiger partial charge on any atom is -0.497 e. The zero-order valence-electron chi connectivity index (χ0n) is 22.1. The van der Waals surface area contributed by atoms with E-state index in [1.807, 2.05) is 42.5 Å². The van der Waals surface area contributed by atoms with Crippen molar-refractivity contribution >= 4 is 29.0 Å². The Morgan fingerprint density at radius 3 is 2.50 bits per heavy atom. The molecule has 1 heterocycles. The fraction of sp³-hybridized carbons (Fsp3) is 0.167. The molecule has 1 amide bonds. The van der Waals surface area contributed by atoms with Gasteiger partial charge in [-0.1, -0.05) is 36.4 Å². The number of ether oxygens (including phenoxy) is 2. The van der Waals surface area contributed by atoms with Crippen LogP contribution in [0.3, 0.4) is 0 Å². The van der Waals surface area contributed by atoms with E-state index < -0.39 is 4.92 Å². The average Bonchev–Trinajstić information content (AvgIpc) is 2.97. The van der Waals surface area contributed by atoms with E-state index in [2.05, 4.69) is 11.4 Å². The van der Waals surface area contributed by atoms with E-state index in [-0.39, 0.29) is 18.0 Å². The Hall–Kier alpha value is -4.88. The Morgan fingerprint density at radius 2 is 1.82 bits per heavy atom. The van der Waals surface area contributed by atoms with Gasteiger partial charge in [-0.2, -0.15) is 5.26 Å². The van der Waals surface area contributed by atoms with E-state index in [4.69, 9.17) is 14.5 Å². The van der Waals surface area contributed by atoms with Crippen LogP contribution in [-0.2, 0) is 4.79 Å². The van der Waals surface area contributed by atoms with E-state index >= 15 is 0 Å². The second-order valence-corrected chi connectivity index (χ2v) is 9.77. The van der Waals surface area contributed by atoms with Crippen molar-refractivity contribution < 1.29 is 19.2 Å². The molecule has 0 atom stereocenters. The number of carbonyl (C=O) groups excluding carboxylic acids is 1. The van der Waals surface area contributed by atoms with E-state index in [1.54, 1.807) is 39.3 Å². The van der Waals surface area contributed by atoms with Crippen LogP contribution in [-0.4, -0.2) is 35.8 Å². The van der Waals surface area contributed by atoms with Crippen LogP contribution in [0, 0.1) is 28.4 Å². The SMILES string of the molecule is COc1ccc(OC)c(-c2cc(-c3ccccc3)nc(SCCC(=O)Nc3cc([N+](=O)[O-])ccc3C)c2C#N)c1. The summed E-state index contributed by atoms with van der Waals surface area (Å²) in [6.07, 6.45) is 0.104. The third-order valence-electron chi connectivity index (χ3n) is 6.14. The maximum atomic E-state index is 12.7.